The molecule has 1 aromatic heterocycles. The zero-order chi connectivity index (χ0) is 13.2. The molecule has 1 atom stereocenters. The highest BCUT2D eigenvalue weighted by Gasteiger charge is 2.27. The van der Waals surface area contributed by atoms with Crippen LogP contribution in [0.5, 0.6) is 0 Å². The van der Waals surface area contributed by atoms with E-state index in [1.165, 1.54) is 0 Å². The van der Waals surface area contributed by atoms with Crippen molar-refractivity contribution in [1.82, 2.24) is 5.32 Å². The molecule has 0 saturated carbocycles. The first-order chi connectivity index (χ1) is 7.84. The number of hydrogen-bond acceptors (Lipinski definition) is 3. The van der Waals surface area contributed by atoms with E-state index in [2.05, 4.69) is 11.4 Å². The molecule has 1 unspecified atom stereocenters. The van der Waals surface area contributed by atoms with Crippen LogP contribution in [0.3, 0.4) is 0 Å². The number of furan rings is 1. The summed E-state index contributed by atoms with van der Waals surface area (Å²) in [5.41, 5.74) is 0.537. The van der Waals surface area contributed by atoms with Crippen LogP contribution in [0.4, 0.5) is 0 Å². The predicted octanol–water partition coefficient (Wildman–Crippen LogP) is 2.63. The lowest BCUT2D eigenvalue weighted by Crippen LogP contribution is -2.44. The van der Waals surface area contributed by atoms with Crippen LogP contribution in [0, 0.1) is 32.1 Å². The molecule has 0 aliphatic rings. The second kappa shape index (κ2) is 4.62. The van der Waals surface area contributed by atoms with Crippen LogP contribution in [-0.2, 0) is 0 Å². The zero-order valence-corrected chi connectivity index (χ0v) is 11.0. The minimum Gasteiger partial charge on any atom is -0.466 e. The Kier molecular flexibility index (Phi) is 3.62. The van der Waals surface area contributed by atoms with E-state index < -0.39 is 5.54 Å². The van der Waals surface area contributed by atoms with E-state index in [0.29, 0.717) is 17.7 Å². The Labute approximate surface area is 102 Å². The Morgan fingerprint density at radius 2 is 2.00 bits per heavy atom. The van der Waals surface area contributed by atoms with Crippen LogP contribution in [0.2, 0.25) is 0 Å². The Balaban J connectivity index is 3.03. The van der Waals surface area contributed by atoms with E-state index in [1.807, 2.05) is 20.8 Å². The molecule has 0 bridgehead atoms. The summed E-state index contributed by atoms with van der Waals surface area (Å²) in [6.45, 7) is 9.00. The lowest BCUT2D eigenvalue weighted by Gasteiger charge is -2.21. The van der Waals surface area contributed by atoms with E-state index in [0.717, 1.165) is 11.3 Å². The van der Waals surface area contributed by atoms with Crippen molar-refractivity contribution in [3.63, 3.8) is 0 Å². The topological polar surface area (TPSA) is 66.0 Å². The van der Waals surface area contributed by atoms with Gasteiger partial charge in [0.15, 0.2) is 0 Å². The Hall–Kier alpha value is -1.76. The fourth-order valence-corrected chi connectivity index (χ4v) is 1.64. The quantitative estimate of drug-likeness (QED) is 0.874. The van der Waals surface area contributed by atoms with Crippen LogP contribution in [0.15, 0.2) is 4.42 Å². The zero-order valence-electron chi connectivity index (χ0n) is 11.0. The molecule has 1 rings (SSSR count). The molecule has 1 amide bonds. The van der Waals surface area contributed by atoms with E-state index >= 15 is 0 Å². The van der Waals surface area contributed by atoms with Gasteiger partial charge in [-0.05, 0) is 34.1 Å². The van der Waals surface area contributed by atoms with Gasteiger partial charge in [0, 0.05) is 5.56 Å². The molecule has 0 aliphatic heterocycles. The van der Waals surface area contributed by atoms with Crippen LogP contribution in [0.1, 0.15) is 47.7 Å². The summed E-state index contributed by atoms with van der Waals surface area (Å²) < 4.78 is 5.40. The van der Waals surface area contributed by atoms with Crippen molar-refractivity contribution in [2.75, 3.05) is 0 Å². The summed E-state index contributed by atoms with van der Waals surface area (Å²) in [5.74, 6) is 1.08. The largest absolute Gasteiger partial charge is 0.466 e. The normalized spacial score (nSPS) is 13.9. The van der Waals surface area contributed by atoms with E-state index in [9.17, 15) is 4.79 Å². The van der Waals surface area contributed by atoms with Gasteiger partial charge in [0.1, 0.15) is 17.1 Å². The maximum atomic E-state index is 12.1. The van der Waals surface area contributed by atoms with Crippen LogP contribution in [0.25, 0.3) is 0 Å². The molecule has 0 radical (unpaired) electrons. The molecular formula is C13H18N2O2. The standard InChI is InChI=1S/C13H18N2O2/c1-6-13(5,7-14)15-12(16)11-8(2)9(3)17-10(11)4/h6H2,1-5H3,(H,15,16). The minimum absolute atomic E-state index is 0.247. The van der Waals surface area contributed by atoms with Crippen LogP contribution >= 0.6 is 0 Å². The summed E-state index contributed by atoms with van der Waals surface area (Å²) >= 11 is 0. The van der Waals surface area contributed by atoms with Crippen molar-refractivity contribution in [2.45, 2.75) is 46.6 Å². The van der Waals surface area contributed by atoms with Crippen molar-refractivity contribution >= 4 is 5.91 Å². The predicted molar refractivity (Wildman–Crippen MR) is 64.7 cm³/mol. The molecule has 0 aliphatic carbocycles. The third-order valence-corrected chi connectivity index (χ3v) is 3.13. The second-order valence-electron chi connectivity index (χ2n) is 4.47. The second-order valence-corrected chi connectivity index (χ2v) is 4.47. The van der Waals surface area contributed by atoms with Gasteiger partial charge in [-0.3, -0.25) is 4.79 Å². The molecular weight excluding hydrogens is 216 g/mol. The summed E-state index contributed by atoms with van der Waals surface area (Å²) in [7, 11) is 0. The first-order valence-corrected chi connectivity index (χ1v) is 5.65. The summed E-state index contributed by atoms with van der Waals surface area (Å²) in [6.07, 6.45) is 0.560. The maximum Gasteiger partial charge on any atom is 0.256 e. The fourth-order valence-electron chi connectivity index (χ4n) is 1.64. The summed E-state index contributed by atoms with van der Waals surface area (Å²) in [4.78, 5) is 12.1. The molecule has 0 aromatic carbocycles. The number of rotatable bonds is 3. The van der Waals surface area contributed by atoms with Gasteiger partial charge < -0.3 is 9.73 Å². The van der Waals surface area contributed by atoms with Gasteiger partial charge in [-0.15, -0.1) is 0 Å². The van der Waals surface area contributed by atoms with Crippen molar-refractivity contribution in [3.05, 3.63) is 22.6 Å². The maximum absolute atomic E-state index is 12.1. The highest BCUT2D eigenvalue weighted by Crippen LogP contribution is 2.21. The van der Waals surface area contributed by atoms with E-state index in [4.69, 9.17) is 9.68 Å². The minimum atomic E-state index is -0.832. The van der Waals surface area contributed by atoms with Crippen molar-refractivity contribution < 1.29 is 9.21 Å². The fraction of sp³-hybridized carbons (Fsp3) is 0.538. The molecule has 0 spiro atoms. The number of nitrogens with zero attached hydrogens (tertiary/aromatic N) is 1. The van der Waals surface area contributed by atoms with Gasteiger partial charge in [0.05, 0.1) is 11.6 Å². The number of hydrogen-bond donors (Lipinski definition) is 1. The molecule has 17 heavy (non-hydrogen) atoms. The number of carbonyl (C=O) groups excluding carboxylic acids is 1. The average molecular weight is 234 g/mol. The number of carbonyl (C=O) groups is 1. The van der Waals surface area contributed by atoms with Gasteiger partial charge in [-0.25, -0.2) is 0 Å². The monoisotopic (exact) mass is 234 g/mol. The molecule has 1 heterocycles. The van der Waals surface area contributed by atoms with E-state index in [1.54, 1.807) is 13.8 Å². The van der Waals surface area contributed by atoms with Gasteiger partial charge in [-0.2, -0.15) is 5.26 Å². The lowest BCUT2D eigenvalue weighted by molar-refractivity contribution is 0.0921. The van der Waals surface area contributed by atoms with Gasteiger partial charge >= 0.3 is 0 Å². The molecule has 92 valence electrons. The number of nitriles is 1. The number of aryl methyl sites for hydroxylation is 2. The summed E-state index contributed by atoms with van der Waals surface area (Å²) in [5, 5.41) is 11.8. The molecule has 1 N–H and O–H groups in total. The number of amides is 1. The summed E-state index contributed by atoms with van der Waals surface area (Å²) in [6, 6.07) is 2.11. The van der Waals surface area contributed by atoms with Crippen LogP contribution < -0.4 is 5.32 Å². The van der Waals surface area contributed by atoms with E-state index in [-0.39, 0.29) is 5.91 Å². The van der Waals surface area contributed by atoms with Crippen LogP contribution in [-0.4, -0.2) is 11.4 Å². The molecule has 0 saturated heterocycles. The SMILES string of the molecule is CCC(C)(C#N)NC(=O)c1c(C)oc(C)c1C. The Morgan fingerprint density at radius 3 is 2.35 bits per heavy atom. The van der Waals surface area contributed by atoms with Gasteiger partial charge in [0.25, 0.3) is 5.91 Å². The lowest BCUT2D eigenvalue weighted by atomic mass is 10.00. The molecule has 4 heteroatoms. The highest BCUT2D eigenvalue weighted by atomic mass is 16.3. The Bertz CT molecular complexity index is 482. The van der Waals surface area contributed by atoms with Crippen molar-refractivity contribution in [3.8, 4) is 6.07 Å². The molecule has 1 aromatic rings. The third kappa shape index (κ3) is 2.50. The highest BCUT2D eigenvalue weighted by molar-refractivity contribution is 5.97. The first kappa shape index (κ1) is 13.3. The first-order valence-electron chi connectivity index (χ1n) is 5.65. The Morgan fingerprint density at radius 1 is 1.41 bits per heavy atom. The molecule has 4 nitrogen and oxygen atoms in total. The smallest absolute Gasteiger partial charge is 0.256 e. The molecule has 0 fully saturated rings. The van der Waals surface area contributed by atoms with Gasteiger partial charge in [-0.1, -0.05) is 6.92 Å². The number of nitrogens with one attached hydrogen (secondary N) is 1. The van der Waals surface area contributed by atoms with Gasteiger partial charge in [0.2, 0.25) is 0 Å². The van der Waals surface area contributed by atoms with Crippen molar-refractivity contribution in [2.24, 2.45) is 0 Å². The van der Waals surface area contributed by atoms with Crippen molar-refractivity contribution in [1.29, 1.82) is 5.26 Å². The third-order valence-electron chi connectivity index (χ3n) is 3.13. The average Bonchev–Trinajstić information content (AvgIpc) is 2.53.